The van der Waals surface area contributed by atoms with Crippen molar-refractivity contribution in [3.63, 3.8) is 0 Å². The molecule has 0 bridgehead atoms. The van der Waals surface area contributed by atoms with Gasteiger partial charge in [-0.1, -0.05) is 0 Å². The van der Waals surface area contributed by atoms with Crippen LogP contribution in [0.1, 0.15) is 0 Å². The molecule has 5 heavy (non-hydrogen) atoms. The van der Waals surface area contributed by atoms with Crippen LogP contribution in [0.25, 0.3) is 0 Å². The van der Waals surface area contributed by atoms with Gasteiger partial charge in [-0.2, -0.15) is 0 Å². The molecule has 0 aliphatic heterocycles. The summed E-state index contributed by atoms with van der Waals surface area (Å²) in [7, 11) is 0. The van der Waals surface area contributed by atoms with Crippen molar-refractivity contribution >= 4 is 4.96 Å². The van der Waals surface area contributed by atoms with Crippen LogP contribution in [0.5, 0.6) is 0 Å². The van der Waals surface area contributed by atoms with Crippen molar-refractivity contribution in [3.8, 4) is 0 Å². The molecule has 1 heteroatoms. The van der Waals surface area contributed by atoms with Crippen LogP contribution in [0.15, 0.2) is 12.2 Å². The third-order valence-corrected chi connectivity index (χ3v) is 0.401. The van der Waals surface area contributed by atoms with E-state index in [4.69, 9.17) is 0 Å². The first-order valence-corrected chi connectivity index (χ1v) is 1.87. The number of hydrogen-bond donors (Lipinski definition) is 0. The molecule has 0 rings (SSSR count). The molecule has 31 valence electrons. The van der Waals surface area contributed by atoms with Gasteiger partial charge in [0.1, 0.15) is 0 Å². The van der Waals surface area contributed by atoms with Crippen molar-refractivity contribution < 1.29 is 15.3 Å². The van der Waals surface area contributed by atoms with Crippen molar-refractivity contribution in [1.82, 2.24) is 0 Å². The Kier molecular flexibility index (Phi) is 3.98. The summed E-state index contributed by atoms with van der Waals surface area (Å²) in [5.74, 6) is 0. The van der Waals surface area contributed by atoms with Crippen LogP contribution < -0.4 is 0 Å². The van der Waals surface area contributed by atoms with Gasteiger partial charge in [-0.05, 0) is 0 Å². The summed E-state index contributed by atoms with van der Waals surface area (Å²) in [4.78, 5) is 1.62. The Morgan fingerprint density at radius 1 is 1.60 bits per heavy atom. The van der Waals surface area contributed by atoms with E-state index >= 15 is 0 Å². The fraction of sp³-hybridized carbons (Fsp3) is 0. The molecule has 0 fully saturated rings. The van der Waals surface area contributed by atoms with Gasteiger partial charge in [-0.25, -0.2) is 0 Å². The fourth-order valence-corrected chi connectivity index (χ4v) is 0.187. The van der Waals surface area contributed by atoms with E-state index in [0.29, 0.717) is 0 Å². The quantitative estimate of drug-likeness (QED) is 0.438. The first-order valence-electron chi connectivity index (χ1n) is 1.27. The van der Waals surface area contributed by atoms with E-state index < -0.39 is 0 Å². The average molecular weight is 112 g/mol. The van der Waals surface area contributed by atoms with Gasteiger partial charge < -0.3 is 0 Å². The first kappa shape index (κ1) is 4.99. The van der Waals surface area contributed by atoms with Crippen molar-refractivity contribution in [2.45, 2.75) is 0 Å². The van der Waals surface area contributed by atoms with E-state index in [1.54, 1.807) is 17.1 Å². The zero-order chi connectivity index (χ0) is 4.12. The molecular weight excluding hydrogens is 107 g/mol. The van der Waals surface area contributed by atoms with Crippen molar-refractivity contribution in [1.29, 1.82) is 0 Å². The molecule has 0 amide bonds. The summed E-state index contributed by atoms with van der Waals surface area (Å²) in [6, 6.07) is 0. The summed E-state index contributed by atoms with van der Waals surface area (Å²) < 4.78 is 0. The molecule has 0 saturated heterocycles. The zero-order valence-electron chi connectivity index (χ0n) is 2.77. The van der Waals surface area contributed by atoms with Gasteiger partial charge >= 0.3 is 39.3 Å². The predicted octanol–water partition coefficient (Wildman–Crippen LogP) is 0.726. The van der Waals surface area contributed by atoms with E-state index in [1.165, 1.54) is 0 Å². The molecule has 0 unspecified atom stereocenters. The standard InChI is InChI=1S/C4H5.Co/c1-3-4-2;/h1,3-4H,2H2;/q-1;. The number of hydrogen-bond acceptors (Lipinski definition) is 0. The van der Waals surface area contributed by atoms with Gasteiger partial charge in [0.05, 0.1) is 0 Å². The normalized spacial score (nSPS) is 9.00. The Bertz CT molecular complexity index is 45.6. The Balaban J connectivity index is 2.92. The Morgan fingerprint density at radius 3 is 2.20 bits per heavy atom. The third kappa shape index (κ3) is 3.99. The van der Waals surface area contributed by atoms with Crippen molar-refractivity contribution in [2.75, 3.05) is 0 Å². The molecular formula is C4H5Co-. The maximum atomic E-state index is 3.79. The fourth-order valence-electron chi connectivity index (χ4n) is 0.0454. The second kappa shape index (κ2) is 3.99. The van der Waals surface area contributed by atoms with E-state index in [9.17, 15) is 0 Å². The molecule has 0 atom stereocenters. The van der Waals surface area contributed by atoms with E-state index in [0.717, 1.165) is 0 Å². The van der Waals surface area contributed by atoms with E-state index in [-0.39, 0.29) is 0 Å². The van der Waals surface area contributed by atoms with Crippen LogP contribution in [-0.4, -0.2) is 4.96 Å². The Labute approximate surface area is 40.0 Å². The maximum absolute atomic E-state index is 3.79. The van der Waals surface area contributed by atoms with Gasteiger partial charge in [0, 0.05) is 0 Å². The Morgan fingerprint density at radius 2 is 2.20 bits per heavy atom. The van der Waals surface area contributed by atoms with Gasteiger partial charge in [0.15, 0.2) is 0 Å². The minimum atomic E-state index is 1.62. The molecule has 0 nitrogen and oxygen atoms in total. The molecule has 0 N–H and O–H groups in total. The van der Waals surface area contributed by atoms with Crippen LogP contribution in [0.3, 0.4) is 0 Å². The molecule has 0 radical (unpaired) electrons. The summed E-state index contributed by atoms with van der Waals surface area (Å²) in [5.41, 5.74) is 0. The van der Waals surface area contributed by atoms with Crippen molar-refractivity contribution in [3.05, 3.63) is 19.1 Å². The molecule has 0 aromatic heterocycles. The van der Waals surface area contributed by atoms with Gasteiger partial charge in [0.2, 0.25) is 0 Å². The molecule has 0 aliphatic rings. The molecule has 0 heterocycles. The molecule has 0 saturated carbocycles. The zero-order valence-corrected chi connectivity index (χ0v) is 3.81. The molecule has 0 aromatic carbocycles. The second-order valence-electron chi connectivity index (χ2n) is 0.539. The number of allylic oxidation sites excluding steroid dienone is 2. The molecule has 0 aromatic rings. The topological polar surface area (TPSA) is 0 Å². The van der Waals surface area contributed by atoms with Crippen LogP contribution in [-0.2, 0) is 15.3 Å². The van der Waals surface area contributed by atoms with Gasteiger partial charge in [-0.15, -0.1) is 0 Å². The van der Waals surface area contributed by atoms with Gasteiger partial charge in [0.25, 0.3) is 0 Å². The van der Waals surface area contributed by atoms with E-state index in [1.807, 2.05) is 0 Å². The summed E-state index contributed by atoms with van der Waals surface area (Å²) in [5, 5.41) is 0. The SMILES string of the molecule is [CH2-]C=C[CH]=[Co]. The predicted molar refractivity (Wildman–Crippen MR) is 20.6 cm³/mol. The summed E-state index contributed by atoms with van der Waals surface area (Å²) >= 11 is 3.79. The summed E-state index contributed by atoms with van der Waals surface area (Å²) in [6.45, 7) is 3.41. The second-order valence-corrected chi connectivity index (χ2v) is 0.886. The van der Waals surface area contributed by atoms with Crippen LogP contribution in [0, 0.1) is 6.92 Å². The Hall–Kier alpha value is -0.0135. The third-order valence-electron chi connectivity index (χ3n) is 0.200. The van der Waals surface area contributed by atoms with Crippen LogP contribution >= 0.6 is 0 Å². The molecule has 0 spiro atoms. The van der Waals surface area contributed by atoms with Crippen LogP contribution in [0.2, 0.25) is 0 Å². The van der Waals surface area contributed by atoms with Crippen LogP contribution in [0.4, 0.5) is 0 Å². The first-order chi connectivity index (χ1) is 2.41. The molecule has 0 aliphatic carbocycles. The average Bonchev–Trinajstić information content (AvgIpc) is 1.41. The van der Waals surface area contributed by atoms with Crippen molar-refractivity contribution in [2.24, 2.45) is 0 Å². The summed E-state index contributed by atoms with van der Waals surface area (Å²) in [6.07, 6.45) is 3.42. The minimum absolute atomic E-state index is 1.62. The monoisotopic (exact) mass is 112 g/mol. The number of rotatable bonds is 1. The van der Waals surface area contributed by atoms with Gasteiger partial charge in [-0.3, -0.25) is 0 Å². The van der Waals surface area contributed by atoms with E-state index in [2.05, 4.69) is 22.2 Å².